The lowest BCUT2D eigenvalue weighted by Gasteiger charge is -2.34. The molecule has 5 rings (SSSR count). The van der Waals surface area contributed by atoms with Crippen LogP contribution in [0.15, 0.2) is 48.5 Å². The Hall–Kier alpha value is -3.55. The molecule has 2 amide bonds. The zero-order chi connectivity index (χ0) is 22.1. The van der Waals surface area contributed by atoms with Crippen LogP contribution in [0.5, 0.6) is 5.75 Å². The zero-order valence-electron chi connectivity index (χ0n) is 18.1. The number of carbonyl (C=O) groups is 2. The first-order valence-electron chi connectivity index (χ1n) is 11.1. The minimum Gasteiger partial charge on any atom is -0.479 e. The minimum atomic E-state index is -0.546. The Morgan fingerprint density at radius 1 is 1.16 bits per heavy atom. The molecule has 0 spiro atoms. The molecule has 1 atom stereocenters. The number of fused-ring (bicyclic) bond motifs is 2. The van der Waals surface area contributed by atoms with Crippen LogP contribution in [-0.2, 0) is 9.59 Å². The van der Waals surface area contributed by atoms with E-state index >= 15 is 0 Å². The first-order valence-corrected chi connectivity index (χ1v) is 11.1. The number of H-pyrrole nitrogens is 1. The SMILES string of the molecule is C[C@H]1Oc2ccccc2N(CCC(=O)NC2CCN(c3nc4ccccc4[nH]3)CC2)C1=O. The monoisotopic (exact) mass is 433 g/mol. The third-order valence-corrected chi connectivity index (χ3v) is 6.17. The molecule has 2 aliphatic heterocycles. The van der Waals surface area contributed by atoms with Crippen LogP contribution >= 0.6 is 0 Å². The van der Waals surface area contributed by atoms with Crippen LogP contribution in [0.2, 0.25) is 0 Å². The highest BCUT2D eigenvalue weighted by Gasteiger charge is 2.31. The normalized spacial score (nSPS) is 19.0. The van der Waals surface area contributed by atoms with E-state index in [1.165, 1.54) is 0 Å². The van der Waals surface area contributed by atoms with Gasteiger partial charge < -0.3 is 24.8 Å². The first kappa shape index (κ1) is 20.4. The molecule has 0 saturated carbocycles. The predicted molar refractivity (Wildman–Crippen MR) is 123 cm³/mol. The molecular weight excluding hydrogens is 406 g/mol. The number of nitrogens with one attached hydrogen (secondary N) is 2. The lowest BCUT2D eigenvalue weighted by molar-refractivity contribution is -0.125. The highest BCUT2D eigenvalue weighted by Crippen LogP contribution is 2.33. The van der Waals surface area contributed by atoms with Crippen molar-refractivity contribution in [2.45, 2.75) is 38.3 Å². The number of piperidine rings is 1. The Labute approximate surface area is 186 Å². The molecule has 0 aliphatic carbocycles. The summed E-state index contributed by atoms with van der Waals surface area (Å²) < 4.78 is 5.66. The number of aromatic amines is 1. The second-order valence-corrected chi connectivity index (χ2v) is 8.37. The Balaban J connectivity index is 1.13. The van der Waals surface area contributed by atoms with Crippen LogP contribution in [0.3, 0.4) is 0 Å². The van der Waals surface area contributed by atoms with Gasteiger partial charge in [-0.05, 0) is 44.0 Å². The maximum atomic E-state index is 12.6. The van der Waals surface area contributed by atoms with Crippen molar-refractivity contribution in [3.8, 4) is 5.75 Å². The zero-order valence-corrected chi connectivity index (χ0v) is 18.1. The van der Waals surface area contributed by atoms with Gasteiger partial charge in [-0.25, -0.2) is 4.98 Å². The number of rotatable bonds is 5. The number of nitrogens with zero attached hydrogens (tertiary/aromatic N) is 3. The lowest BCUT2D eigenvalue weighted by Crippen LogP contribution is -2.47. The van der Waals surface area contributed by atoms with Gasteiger partial charge in [-0.1, -0.05) is 24.3 Å². The number of hydrogen-bond donors (Lipinski definition) is 2. The van der Waals surface area contributed by atoms with Gasteiger partial charge in [0.1, 0.15) is 5.75 Å². The number of hydrogen-bond acceptors (Lipinski definition) is 5. The van der Waals surface area contributed by atoms with E-state index in [0.717, 1.165) is 48.6 Å². The van der Waals surface area contributed by atoms with Crippen LogP contribution in [0.1, 0.15) is 26.2 Å². The quantitative estimate of drug-likeness (QED) is 0.646. The van der Waals surface area contributed by atoms with Crippen LogP contribution in [0.4, 0.5) is 11.6 Å². The molecule has 0 radical (unpaired) electrons. The summed E-state index contributed by atoms with van der Waals surface area (Å²) in [5, 5.41) is 3.14. The van der Waals surface area contributed by atoms with Crippen molar-refractivity contribution >= 4 is 34.5 Å². The molecule has 2 aliphatic rings. The van der Waals surface area contributed by atoms with Crippen LogP contribution in [-0.4, -0.2) is 53.6 Å². The molecule has 2 aromatic carbocycles. The largest absolute Gasteiger partial charge is 0.479 e. The fourth-order valence-corrected chi connectivity index (χ4v) is 4.43. The average Bonchev–Trinajstić information content (AvgIpc) is 3.24. The van der Waals surface area contributed by atoms with Gasteiger partial charge >= 0.3 is 0 Å². The third-order valence-electron chi connectivity index (χ3n) is 6.17. The third kappa shape index (κ3) is 4.00. The number of aromatic nitrogens is 2. The molecule has 1 aromatic heterocycles. The summed E-state index contributed by atoms with van der Waals surface area (Å²) in [6.45, 7) is 3.74. The Morgan fingerprint density at radius 3 is 2.72 bits per heavy atom. The van der Waals surface area contributed by atoms with Crippen molar-refractivity contribution in [3.05, 3.63) is 48.5 Å². The van der Waals surface area contributed by atoms with Gasteiger partial charge in [0.15, 0.2) is 6.10 Å². The van der Waals surface area contributed by atoms with Crippen LogP contribution in [0, 0.1) is 0 Å². The van der Waals surface area contributed by atoms with Gasteiger partial charge in [0.2, 0.25) is 11.9 Å². The predicted octanol–water partition coefficient (Wildman–Crippen LogP) is 2.85. The molecule has 0 bridgehead atoms. The molecule has 1 saturated heterocycles. The summed E-state index contributed by atoms with van der Waals surface area (Å²) in [7, 11) is 0. The summed E-state index contributed by atoms with van der Waals surface area (Å²) in [5.74, 6) is 1.42. The van der Waals surface area contributed by atoms with Crippen molar-refractivity contribution in [1.82, 2.24) is 15.3 Å². The number of carbonyl (C=O) groups excluding carboxylic acids is 2. The van der Waals surface area contributed by atoms with E-state index in [0.29, 0.717) is 12.3 Å². The lowest BCUT2D eigenvalue weighted by atomic mass is 10.1. The Bertz CT molecular complexity index is 1100. The topological polar surface area (TPSA) is 90.6 Å². The molecule has 166 valence electrons. The molecule has 32 heavy (non-hydrogen) atoms. The number of ether oxygens (including phenoxy) is 1. The van der Waals surface area contributed by atoms with Crippen molar-refractivity contribution < 1.29 is 14.3 Å². The van der Waals surface area contributed by atoms with Gasteiger partial charge in [0, 0.05) is 32.1 Å². The van der Waals surface area contributed by atoms with Crippen molar-refractivity contribution in [1.29, 1.82) is 0 Å². The summed E-state index contributed by atoms with van der Waals surface area (Å²) >= 11 is 0. The van der Waals surface area contributed by atoms with Crippen molar-refractivity contribution in [2.75, 3.05) is 29.4 Å². The number of anilines is 2. The van der Waals surface area contributed by atoms with E-state index in [2.05, 4.69) is 20.2 Å². The van der Waals surface area contributed by atoms with E-state index in [1.807, 2.05) is 48.5 Å². The Morgan fingerprint density at radius 2 is 1.91 bits per heavy atom. The summed E-state index contributed by atoms with van der Waals surface area (Å²) in [6.07, 6.45) is 1.44. The van der Waals surface area contributed by atoms with Gasteiger partial charge in [0.25, 0.3) is 5.91 Å². The molecule has 3 aromatic rings. The molecule has 3 heterocycles. The fraction of sp³-hybridized carbons (Fsp3) is 0.375. The van der Waals surface area contributed by atoms with E-state index in [1.54, 1.807) is 11.8 Å². The number of benzene rings is 2. The van der Waals surface area contributed by atoms with Gasteiger partial charge in [-0.2, -0.15) is 0 Å². The van der Waals surface area contributed by atoms with Crippen LogP contribution < -0.4 is 19.9 Å². The molecule has 2 N–H and O–H groups in total. The summed E-state index contributed by atoms with van der Waals surface area (Å²) in [5.41, 5.74) is 2.72. The number of para-hydroxylation sites is 4. The maximum Gasteiger partial charge on any atom is 0.267 e. The highest BCUT2D eigenvalue weighted by atomic mass is 16.5. The highest BCUT2D eigenvalue weighted by molar-refractivity contribution is 6.00. The van der Waals surface area contributed by atoms with Gasteiger partial charge in [0.05, 0.1) is 16.7 Å². The molecule has 8 heteroatoms. The second-order valence-electron chi connectivity index (χ2n) is 8.37. The van der Waals surface area contributed by atoms with E-state index in [9.17, 15) is 9.59 Å². The second kappa shape index (κ2) is 8.53. The fourth-order valence-electron chi connectivity index (χ4n) is 4.43. The summed E-state index contributed by atoms with van der Waals surface area (Å²) in [4.78, 5) is 37.1. The minimum absolute atomic E-state index is 0.0309. The van der Waals surface area contributed by atoms with Gasteiger partial charge in [-0.15, -0.1) is 0 Å². The van der Waals surface area contributed by atoms with Crippen molar-refractivity contribution in [3.63, 3.8) is 0 Å². The van der Waals surface area contributed by atoms with Gasteiger partial charge in [-0.3, -0.25) is 9.59 Å². The number of amides is 2. The maximum absolute atomic E-state index is 12.6. The molecule has 8 nitrogen and oxygen atoms in total. The molecular formula is C24H27N5O3. The Kier molecular flexibility index (Phi) is 5.43. The smallest absolute Gasteiger partial charge is 0.267 e. The van der Waals surface area contributed by atoms with Crippen molar-refractivity contribution in [2.24, 2.45) is 0 Å². The van der Waals surface area contributed by atoms with E-state index in [-0.39, 0.29) is 24.3 Å². The van der Waals surface area contributed by atoms with E-state index < -0.39 is 6.10 Å². The standard InChI is InChI=1S/C24H27N5O3/c1-16-23(31)29(20-8-4-5-9-21(20)32-16)15-12-22(30)25-17-10-13-28(14-11-17)24-26-18-6-2-3-7-19(18)27-24/h2-9,16-17H,10-15H2,1H3,(H,25,30)(H,26,27)/t16-/m1/s1. The number of imidazole rings is 1. The summed E-state index contributed by atoms with van der Waals surface area (Å²) in [6, 6.07) is 15.6. The first-order chi connectivity index (χ1) is 15.6. The molecule has 1 fully saturated rings. The van der Waals surface area contributed by atoms with E-state index in [4.69, 9.17) is 4.74 Å². The van der Waals surface area contributed by atoms with Crippen LogP contribution in [0.25, 0.3) is 11.0 Å². The molecule has 0 unspecified atom stereocenters. The average molecular weight is 434 g/mol.